The Bertz CT molecular complexity index is 5200. The van der Waals surface area contributed by atoms with Crippen molar-refractivity contribution in [2.24, 2.45) is 16.7 Å². The van der Waals surface area contributed by atoms with E-state index in [0.717, 1.165) is 21.5 Å². The number of likely N-dealkylation sites (N-methyl/N-ethyl adjacent to an activating group) is 2. The third kappa shape index (κ3) is 23.2. The van der Waals surface area contributed by atoms with E-state index in [-0.39, 0.29) is 89.9 Å². The van der Waals surface area contributed by atoms with Gasteiger partial charge in [-0.25, -0.2) is 22.6 Å². The van der Waals surface area contributed by atoms with Crippen molar-refractivity contribution in [3.05, 3.63) is 179 Å². The second kappa shape index (κ2) is 38.9. The normalized spacial score (nSPS) is 21.0. The molecule has 32 nitrogen and oxygen atoms in total. The average molecular weight is 1670 g/mol. The Kier molecular flexibility index (Phi) is 28.9. The number of aliphatic carboxylic acids is 1. The van der Waals surface area contributed by atoms with Crippen molar-refractivity contribution in [3.8, 4) is 11.5 Å². The molecule has 12 bridgehead atoms. The van der Waals surface area contributed by atoms with E-state index in [1.165, 1.54) is 26.1 Å². The van der Waals surface area contributed by atoms with Gasteiger partial charge in [0, 0.05) is 57.5 Å². The number of ether oxygens (including phenoxy) is 2. The maximum Gasteiger partial charge on any atom is 0.326 e. The molecular formula is C87H108N16O16S. The zero-order valence-corrected chi connectivity index (χ0v) is 70.3. The topological polar surface area (TPSA) is 425 Å². The molecule has 0 unspecified atom stereocenters. The Morgan fingerprint density at radius 1 is 0.558 bits per heavy atom. The smallest absolute Gasteiger partial charge is 0.326 e. The summed E-state index contributed by atoms with van der Waals surface area (Å²) in [5, 5.41) is 52.2. The van der Waals surface area contributed by atoms with Crippen LogP contribution in [0.3, 0.4) is 0 Å². The summed E-state index contributed by atoms with van der Waals surface area (Å²) in [5.41, 5.74) is 0.968. The van der Waals surface area contributed by atoms with Crippen molar-refractivity contribution in [1.82, 2.24) is 81.7 Å². The highest BCUT2D eigenvalue weighted by atomic mass is 32.2. The number of carboxylic acid groups (broad SMARTS) is 1. The highest BCUT2D eigenvalue weighted by molar-refractivity contribution is 7.90. The van der Waals surface area contributed by atoms with Crippen LogP contribution in [0.25, 0.3) is 21.5 Å². The molecule has 2 fully saturated rings. The summed E-state index contributed by atoms with van der Waals surface area (Å²) in [5.74, 6) is -8.95. The first-order valence-electron chi connectivity index (χ1n) is 40.5. The number of amides is 8. The van der Waals surface area contributed by atoms with Crippen LogP contribution in [0.15, 0.2) is 146 Å². The van der Waals surface area contributed by atoms with Gasteiger partial charge in [-0.15, -0.1) is 10.2 Å². The summed E-state index contributed by atoms with van der Waals surface area (Å²) < 4.78 is 45.2. The fraction of sp³-hybridized carbons (Fsp3) is 0.460. The van der Waals surface area contributed by atoms with Crippen molar-refractivity contribution in [3.63, 3.8) is 0 Å². The molecule has 8 heterocycles. The van der Waals surface area contributed by atoms with E-state index >= 15 is 24.0 Å². The molecule has 12 atom stereocenters. The third-order valence-electron chi connectivity index (χ3n) is 22.3. The van der Waals surface area contributed by atoms with Crippen LogP contribution in [0.1, 0.15) is 147 Å². The quantitative estimate of drug-likeness (QED) is 0.0425. The first kappa shape index (κ1) is 89.0. The lowest BCUT2D eigenvalue weighted by Crippen LogP contribution is -2.60. The summed E-state index contributed by atoms with van der Waals surface area (Å²) in [7, 11) is -1.15. The van der Waals surface area contributed by atoms with Crippen molar-refractivity contribution in [1.29, 1.82) is 0 Å². The van der Waals surface area contributed by atoms with E-state index in [1.807, 2.05) is 78.9 Å². The van der Waals surface area contributed by atoms with Gasteiger partial charge in [0.05, 0.1) is 48.4 Å². The van der Waals surface area contributed by atoms with Crippen LogP contribution in [0, 0.1) is 16.7 Å². The van der Waals surface area contributed by atoms with Gasteiger partial charge in [-0.1, -0.05) is 161 Å². The fourth-order valence-electron chi connectivity index (χ4n) is 15.1. The Morgan fingerprint density at radius 3 is 1.44 bits per heavy atom. The number of carboxylic acids is 1. The van der Waals surface area contributed by atoms with E-state index < -0.39 is 164 Å². The lowest BCUT2D eigenvalue weighted by atomic mass is 9.85. The maximum absolute atomic E-state index is 15.6. The minimum atomic E-state index is -4.35. The Balaban J connectivity index is 0.953. The van der Waals surface area contributed by atoms with Gasteiger partial charge < -0.3 is 66.4 Å². The van der Waals surface area contributed by atoms with Crippen LogP contribution in [-0.2, 0) is 102 Å². The fourth-order valence-corrected chi connectivity index (χ4v) is 16.2. The summed E-state index contributed by atoms with van der Waals surface area (Å²) in [6, 6.07) is 26.9. The van der Waals surface area contributed by atoms with Gasteiger partial charge in [0.15, 0.2) is 5.78 Å². The molecule has 638 valence electrons. The largest absolute Gasteiger partial charge is 0.487 e. The number of benzene rings is 6. The van der Waals surface area contributed by atoms with Crippen molar-refractivity contribution in [2.45, 2.75) is 206 Å². The van der Waals surface area contributed by atoms with E-state index in [0.29, 0.717) is 45.1 Å². The first-order chi connectivity index (χ1) is 57.0. The molecule has 0 aliphatic carbocycles. The predicted molar refractivity (Wildman–Crippen MR) is 445 cm³/mol. The number of carbonyl (C=O) groups excluding carboxylic acids is 10. The lowest BCUT2D eigenvalue weighted by Gasteiger charge is -2.36. The first-order valence-corrected chi connectivity index (χ1v) is 42.1. The van der Waals surface area contributed by atoms with Gasteiger partial charge in [0.25, 0.3) is 0 Å². The molecule has 6 aliphatic rings. The van der Waals surface area contributed by atoms with Gasteiger partial charge in [-0.3, -0.25) is 47.9 Å². The Hall–Kier alpha value is -11.8. The molecule has 33 heteroatoms. The third-order valence-corrected chi connectivity index (χ3v) is 23.7. The summed E-state index contributed by atoms with van der Waals surface area (Å²) in [6.07, 6.45) is 2.18. The molecule has 8 amide bonds. The van der Waals surface area contributed by atoms with Crippen LogP contribution in [0.4, 0.5) is 0 Å². The highest BCUT2D eigenvalue weighted by Crippen LogP contribution is 2.35. The molecule has 0 spiro atoms. The number of hydrogen-bond acceptors (Lipinski definition) is 21. The number of hydrogen-bond donors (Lipinski definition) is 9. The number of Topliss-reactive ketones (excluding diaryl/α,β-unsaturated/α-hetero) is 2. The van der Waals surface area contributed by atoms with E-state index in [1.54, 1.807) is 136 Å². The Morgan fingerprint density at radius 2 is 1.00 bits per heavy atom. The number of rotatable bonds is 20. The van der Waals surface area contributed by atoms with E-state index in [9.17, 15) is 42.3 Å². The Labute approximate surface area is 697 Å². The van der Waals surface area contributed by atoms with Crippen molar-refractivity contribution < 1.29 is 75.7 Å². The monoisotopic (exact) mass is 1660 g/mol. The van der Waals surface area contributed by atoms with Crippen LogP contribution >= 0.6 is 0 Å². The molecule has 6 aromatic carbocycles. The molecule has 9 N–H and O–H groups in total. The summed E-state index contributed by atoms with van der Waals surface area (Å²) in [4.78, 5) is 162. The number of likely N-dealkylation sites (tertiary alicyclic amines) is 2. The minimum absolute atomic E-state index is 0.0535. The second-order valence-electron chi connectivity index (χ2n) is 33.7. The van der Waals surface area contributed by atoms with Gasteiger partial charge in [0.1, 0.15) is 78.1 Å². The summed E-state index contributed by atoms with van der Waals surface area (Å²) >= 11 is 0. The molecule has 0 radical (unpaired) electrons. The molecular weight excluding hydrogens is 1560 g/mol. The number of ketones is 2. The number of nitrogens with zero attached hydrogens (tertiary/aromatic N) is 8. The minimum Gasteiger partial charge on any atom is -0.487 e. The van der Waals surface area contributed by atoms with Crippen LogP contribution < -0.4 is 51.4 Å². The van der Waals surface area contributed by atoms with Crippen molar-refractivity contribution >= 4 is 96.4 Å². The van der Waals surface area contributed by atoms with Gasteiger partial charge >= 0.3 is 5.97 Å². The molecule has 14 rings (SSSR count). The number of carbonyl (C=O) groups is 11. The van der Waals surface area contributed by atoms with Crippen molar-refractivity contribution in [2.75, 3.05) is 32.9 Å². The van der Waals surface area contributed by atoms with Gasteiger partial charge in [0.2, 0.25) is 57.3 Å². The molecule has 0 saturated carbocycles. The second-order valence-corrected chi connectivity index (χ2v) is 35.5. The lowest BCUT2D eigenvalue weighted by molar-refractivity contribution is -0.145. The maximum atomic E-state index is 15.6. The summed E-state index contributed by atoms with van der Waals surface area (Å²) in [6.45, 7) is 14.7. The molecule has 120 heavy (non-hydrogen) atoms. The van der Waals surface area contributed by atoms with Crippen LogP contribution in [-0.4, -0.2) is 205 Å². The van der Waals surface area contributed by atoms with Crippen LogP contribution in [0.2, 0.25) is 0 Å². The number of fused-ring (bicyclic) bond motifs is 2. The molecule has 2 saturated heterocycles. The van der Waals surface area contributed by atoms with E-state index in [4.69, 9.17) is 9.47 Å². The molecule has 2 aromatic heterocycles. The number of aromatic nitrogens is 6. The average Bonchev–Trinajstić information content (AvgIpc) is 1.63. The zero-order chi connectivity index (χ0) is 86.5. The van der Waals surface area contributed by atoms with E-state index in [2.05, 4.69) is 62.6 Å². The molecule has 6 aliphatic heterocycles. The number of nitrogens with one attached hydrogen (secondary N) is 8. The highest BCUT2D eigenvalue weighted by Gasteiger charge is 2.49. The standard InChI is InChI=1S/C87H108N16O16S/c1-51(104)18-16-17-35-120(116,117)97-79(108)62-36-54-25-31-67(32-26-54)118-49-63-46-103(99-95-63)66-44-73(101(48-66)84(113)76(87(7,8)9)94-78(107)53(3)89-11)82(111)91-70(41-57-24-30-59-20-13-15-22-61(59)38-57)80(109)92-71(85(114)115)39-55-27-33-68(34-28-55)119-50-64-45-102(98-96-64)65-43-72(100(47-65)83(112)75(86(4,5)6)93-77(106)52(2)88-10)81(110)90-69(74(105)42-62)40-56-23-29-58-19-12-14-21-60(58)37-56/h12-15,19-34,37-38,45-46,52-53,62,65-66,69-73,75-76,88-89H,16-18,35-36,39-44,47-50H2,1-11H3,(H,90,110)(H,91,111)(H,92,109)(H,93,106)(H,94,107)(H,97,108)(H,114,115)/t52-,53-,62+,65-,66-,69-,70-,71-,72-,73-,75+,76+/m0/s1. The number of sulfonamides is 1. The predicted octanol–water partition coefficient (Wildman–Crippen LogP) is 5.50. The molecule has 8 aromatic rings. The SMILES string of the molecule is CN[C@@H](C)C(=O)N[C@H](C(=O)N1C[C@@H]2C[C@H]1C(=O)N[C@@H](Cc1ccc3ccccc3c1)C(=O)C[C@H](C(=O)NS(=O)(=O)CCCCC(C)=O)Cc1ccc(cc1)OCc1cn(nn1)[C@H]1C[C@@H](C(=O)N[C@@H](Cc3ccc4ccccc4c3)C(=O)N[C@H](C(=O)O)Cc3ccc(cc3)OCc3cn2nn3)N(C(=O)[C@@H](NC(=O)[C@H](C)NC)C(C)(C)C)C1)C(C)(C)C. The van der Waals surface area contributed by atoms with Crippen LogP contribution in [0.5, 0.6) is 11.5 Å². The van der Waals surface area contributed by atoms with Gasteiger partial charge in [-0.2, -0.15) is 0 Å². The number of unbranched alkanes of at least 4 members (excludes halogenated alkanes) is 1. The van der Waals surface area contributed by atoms with Gasteiger partial charge in [-0.05, 0) is 139 Å². The zero-order valence-electron chi connectivity index (χ0n) is 69.4.